The van der Waals surface area contributed by atoms with Gasteiger partial charge in [-0.2, -0.15) is 0 Å². The molecule has 0 amide bonds. The highest BCUT2D eigenvalue weighted by Gasteiger charge is 2.26. The van der Waals surface area contributed by atoms with E-state index in [0.29, 0.717) is 0 Å². The van der Waals surface area contributed by atoms with E-state index in [2.05, 4.69) is 20.1 Å². The molecule has 3 heterocycles. The van der Waals surface area contributed by atoms with Crippen LogP contribution >= 0.6 is 0 Å². The highest BCUT2D eigenvalue weighted by Crippen LogP contribution is 2.21. The van der Waals surface area contributed by atoms with Crippen molar-refractivity contribution in [3.63, 3.8) is 0 Å². The van der Waals surface area contributed by atoms with Gasteiger partial charge in [-0.05, 0) is 6.92 Å². The Morgan fingerprint density at radius 1 is 1.40 bits per heavy atom. The van der Waals surface area contributed by atoms with Crippen molar-refractivity contribution < 1.29 is 0 Å². The van der Waals surface area contributed by atoms with Gasteiger partial charge in [0.25, 0.3) is 0 Å². The summed E-state index contributed by atoms with van der Waals surface area (Å²) < 4.78 is 1.94. The summed E-state index contributed by atoms with van der Waals surface area (Å²) in [5, 5.41) is 8.15. The molecule has 0 atom stereocenters. The smallest absolute Gasteiger partial charge is 0.203 e. The van der Waals surface area contributed by atoms with Gasteiger partial charge in [0.1, 0.15) is 5.82 Å². The van der Waals surface area contributed by atoms with E-state index in [-0.39, 0.29) is 6.04 Å². The molecule has 0 saturated carbocycles. The molecule has 0 unspecified atom stereocenters. The third-order valence-electron chi connectivity index (χ3n) is 2.69. The Kier molecular flexibility index (Phi) is 1.66. The number of aromatic nitrogens is 4. The monoisotopic (exact) mass is 204 g/mol. The summed E-state index contributed by atoms with van der Waals surface area (Å²) in [6, 6.07) is 0.260. The number of hydrogen-bond acceptors (Lipinski definition) is 5. The van der Waals surface area contributed by atoms with Crippen LogP contribution in [0.5, 0.6) is 0 Å². The first kappa shape index (κ1) is 8.60. The van der Waals surface area contributed by atoms with E-state index in [1.54, 1.807) is 6.20 Å². The number of nitrogens with two attached hydrogens (primary N) is 1. The maximum absolute atomic E-state index is 5.74. The Morgan fingerprint density at radius 2 is 2.20 bits per heavy atom. The van der Waals surface area contributed by atoms with Crippen molar-refractivity contribution in [2.24, 2.45) is 5.73 Å². The third-order valence-corrected chi connectivity index (χ3v) is 2.69. The molecule has 0 bridgehead atoms. The summed E-state index contributed by atoms with van der Waals surface area (Å²) in [6.07, 6.45) is 3.64. The molecule has 0 aliphatic carbocycles. The zero-order chi connectivity index (χ0) is 10.4. The lowest BCUT2D eigenvalue weighted by molar-refractivity contribution is 0.515. The summed E-state index contributed by atoms with van der Waals surface area (Å²) >= 11 is 0. The van der Waals surface area contributed by atoms with Gasteiger partial charge >= 0.3 is 0 Å². The summed E-state index contributed by atoms with van der Waals surface area (Å²) in [5.41, 5.74) is 6.55. The lowest BCUT2D eigenvalue weighted by atomic mass is 10.1. The van der Waals surface area contributed by atoms with E-state index in [1.165, 1.54) is 0 Å². The number of rotatable bonds is 1. The van der Waals surface area contributed by atoms with Gasteiger partial charge in [0.15, 0.2) is 5.82 Å². The molecule has 15 heavy (non-hydrogen) atoms. The number of hydrogen-bond donors (Lipinski definition) is 1. The van der Waals surface area contributed by atoms with Gasteiger partial charge in [-0.3, -0.25) is 4.40 Å². The van der Waals surface area contributed by atoms with E-state index >= 15 is 0 Å². The van der Waals surface area contributed by atoms with Crippen molar-refractivity contribution in [2.75, 3.05) is 18.0 Å². The predicted octanol–water partition coefficient (Wildman–Crippen LogP) is -0.420. The second-order valence-electron chi connectivity index (χ2n) is 3.86. The van der Waals surface area contributed by atoms with Gasteiger partial charge in [-0.25, -0.2) is 4.98 Å². The highest BCUT2D eigenvalue weighted by molar-refractivity contribution is 5.65. The van der Waals surface area contributed by atoms with Gasteiger partial charge in [0.2, 0.25) is 5.65 Å². The normalized spacial score (nSPS) is 17.1. The number of nitrogens with zero attached hydrogens (tertiary/aromatic N) is 5. The predicted molar refractivity (Wildman–Crippen MR) is 55.7 cm³/mol. The molecule has 6 heteroatoms. The van der Waals surface area contributed by atoms with Crippen LogP contribution in [0.25, 0.3) is 5.65 Å². The zero-order valence-corrected chi connectivity index (χ0v) is 8.46. The van der Waals surface area contributed by atoms with Gasteiger partial charge in [-0.1, -0.05) is 0 Å². The van der Waals surface area contributed by atoms with Gasteiger partial charge in [-0.15, -0.1) is 10.2 Å². The number of fused-ring (bicyclic) bond motifs is 1. The van der Waals surface area contributed by atoms with E-state index in [1.807, 2.05) is 17.5 Å². The molecule has 1 aliphatic heterocycles. The van der Waals surface area contributed by atoms with Crippen LogP contribution in [0.1, 0.15) is 5.82 Å². The van der Waals surface area contributed by atoms with Crippen molar-refractivity contribution in [1.29, 1.82) is 0 Å². The molecule has 1 aliphatic rings. The molecule has 3 rings (SSSR count). The van der Waals surface area contributed by atoms with Crippen LogP contribution in [-0.2, 0) is 0 Å². The standard InChI is InChI=1S/C9H12N6/c1-6-12-13-9-8(11-2-3-15(6)9)14-4-7(10)5-14/h2-3,7H,4-5,10H2,1H3. The number of anilines is 1. The minimum Gasteiger partial charge on any atom is -0.350 e. The SMILES string of the molecule is Cc1nnc2c(N3CC(N)C3)nccn12. The lowest BCUT2D eigenvalue weighted by Gasteiger charge is -2.37. The van der Waals surface area contributed by atoms with Crippen LogP contribution in [-0.4, -0.2) is 38.7 Å². The lowest BCUT2D eigenvalue weighted by Crippen LogP contribution is -2.56. The summed E-state index contributed by atoms with van der Waals surface area (Å²) in [7, 11) is 0. The Labute approximate surface area is 86.7 Å². The van der Waals surface area contributed by atoms with Crippen molar-refractivity contribution in [3.8, 4) is 0 Å². The minimum atomic E-state index is 0.260. The average molecular weight is 204 g/mol. The Morgan fingerprint density at radius 3 is 2.93 bits per heavy atom. The van der Waals surface area contributed by atoms with Crippen molar-refractivity contribution >= 4 is 11.5 Å². The van der Waals surface area contributed by atoms with Crippen LogP contribution in [0.3, 0.4) is 0 Å². The molecule has 2 aromatic heterocycles. The van der Waals surface area contributed by atoms with Crippen LogP contribution in [0.2, 0.25) is 0 Å². The van der Waals surface area contributed by atoms with Gasteiger partial charge in [0, 0.05) is 31.5 Å². The molecule has 0 aromatic carbocycles. The molecular formula is C9H12N6. The summed E-state index contributed by atoms with van der Waals surface area (Å²) in [5.74, 6) is 1.75. The van der Waals surface area contributed by atoms with Crippen LogP contribution in [0.15, 0.2) is 12.4 Å². The molecule has 78 valence electrons. The molecule has 1 saturated heterocycles. The first-order valence-corrected chi connectivity index (χ1v) is 4.92. The quantitative estimate of drug-likeness (QED) is 0.683. The van der Waals surface area contributed by atoms with E-state index < -0.39 is 0 Å². The molecule has 6 nitrogen and oxygen atoms in total. The topological polar surface area (TPSA) is 72.3 Å². The first-order valence-electron chi connectivity index (χ1n) is 4.92. The highest BCUT2D eigenvalue weighted by atomic mass is 15.3. The van der Waals surface area contributed by atoms with E-state index in [4.69, 9.17) is 5.73 Å². The average Bonchev–Trinajstić information content (AvgIpc) is 2.56. The van der Waals surface area contributed by atoms with E-state index in [0.717, 1.165) is 30.4 Å². The summed E-state index contributed by atoms with van der Waals surface area (Å²) in [6.45, 7) is 3.61. The van der Waals surface area contributed by atoms with Crippen molar-refractivity contribution in [3.05, 3.63) is 18.2 Å². The molecule has 1 fully saturated rings. The van der Waals surface area contributed by atoms with Crippen molar-refractivity contribution in [1.82, 2.24) is 19.6 Å². The largest absolute Gasteiger partial charge is 0.350 e. The Bertz CT molecular complexity index is 498. The molecular weight excluding hydrogens is 192 g/mol. The van der Waals surface area contributed by atoms with Crippen LogP contribution in [0, 0.1) is 6.92 Å². The summed E-state index contributed by atoms with van der Waals surface area (Å²) in [4.78, 5) is 6.44. The number of aryl methyl sites for hydroxylation is 1. The van der Waals surface area contributed by atoms with Gasteiger partial charge in [0.05, 0.1) is 0 Å². The fraction of sp³-hybridized carbons (Fsp3) is 0.444. The maximum Gasteiger partial charge on any atom is 0.203 e. The first-order chi connectivity index (χ1) is 7.25. The molecule has 0 spiro atoms. The fourth-order valence-electron chi connectivity index (χ4n) is 1.84. The Balaban J connectivity index is 2.10. The van der Waals surface area contributed by atoms with Crippen molar-refractivity contribution in [2.45, 2.75) is 13.0 Å². The zero-order valence-electron chi connectivity index (χ0n) is 8.46. The second kappa shape index (κ2) is 2.90. The minimum absolute atomic E-state index is 0.260. The van der Waals surface area contributed by atoms with Gasteiger partial charge < -0.3 is 10.6 Å². The van der Waals surface area contributed by atoms with E-state index in [9.17, 15) is 0 Å². The van der Waals surface area contributed by atoms with Crippen LogP contribution in [0.4, 0.5) is 5.82 Å². The molecule has 2 N–H and O–H groups in total. The third kappa shape index (κ3) is 1.18. The molecule has 2 aromatic rings. The second-order valence-corrected chi connectivity index (χ2v) is 3.86. The molecule has 0 radical (unpaired) electrons. The Hall–Kier alpha value is -1.69. The maximum atomic E-state index is 5.74. The van der Waals surface area contributed by atoms with Crippen LogP contribution < -0.4 is 10.6 Å². The fourth-order valence-corrected chi connectivity index (χ4v) is 1.84.